The van der Waals surface area contributed by atoms with Crippen LogP contribution in [0, 0.1) is 0 Å². The highest BCUT2D eigenvalue weighted by atomic mass is 35.5. The molecule has 1 atom stereocenters. The maximum Gasteiger partial charge on any atom is 0.237 e. The van der Waals surface area contributed by atoms with Crippen LogP contribution < -0.4 is 5.32 Å². The number of anilines is 1. The first kappa shape index (κ1) is 17.9. The Balaban J connectivity index is 1.63. The van der Waals surface area contributed by atoms with E-state index in [2.05, 4.69) is 15.3 Å². The summed E-state index contributed by atoms with van der Waals surface area (Å²) in [6, 6.07) is 14.5. The fourth-order valence-corrected chi connectivity index (χ4v) is 3.27. The van der Waals surface area contributed by atoms with Gasteiger partial charge in [-0.25, -0.2) is 4.98 Å². The van der Waals surface area contributed by atoms with Gasteiger partial charge in [0, 0.05) is 15.7 Å². The highest BCUT2D eigenvalue weighted by molar-refractivity contribution is 8.00. The lowest BCUT2D eigenvalue weighted by Gasteiger charge is -2.10. The fraction of sp³-hybridized carbons (Fsp3) is 0.111. The first-order chi connectivity index (χ1) is 12.0. The third-order valence-electron chi connectivity index (χ3n) is 3.46. The van der Waals surface area contributed by atoms with Crippen LogP contribution in [0.15, 0.2) is 59.9 Å². The van der Waals surface area contributed by atoms with Gasteiger partial charge in [-0.15, -0.1) is 0 Å². The van der Waals surface area contributed by atoms with E-state index in [9.17, 15) is 4.79 Å². The summed E-state index contributed by atoms with van der Waals surface area (Å²) >= 11 is 13.2. The number of halogens is 2. The largest absolute Gasteiger partial charge is 0.333 e. The molecule has 1 amide bonds. The molecule has 25 heavy (non-hydrogen) atoms. The Morgan fingerprint density at radius 1 is 1.16 bits per heavy atom. The van der Waals surface area contributed by atoms with Crippen LogP contribution in [0.4, 0.5) is 5.69 Å². The number of nitrogens with one attached hydrogen (secondary N) is 2. The minimum absolute atomic E-state index is 0.114. The predicted molar refractivity (Wildman–Crippen MR) is 104 cm³/mol. The Morgan fingerprint density at radius 3 is 2.64 bits per heavy atom. The number of nitrogens with zero attached hydrogens (tertiary/aromatic N) is 1. The molecule has 128 valence electrons. The Bertz CT molecular complexity index is 880. The number of imidazole rings is 1. The molecule has 4 nitrogen and oxygen atoms in total. The van der Waals surface area contributed by atoms with Gasteiger partial charge in [0.25, 0.3) is 0 Å². The number of H-pyrrole nitrogens is 1. The first-order valence-electron chi connectivity index (χ1n) is 7.55. The van der Waals surface area contributed by atoms with Crippen molar-refractivity contribution >= 4 is 46.6 Å². The lowest BCUT2D eigenvalue weighted by atomic mass is 10.2. The van der Waals surface area contributed by atoms with E-state index < -0.39 is 0 Å². The molecule has 0 aliphatic heterocycles. The molecule has 1 heterocycles. The van der Waals surface area contributed by atoms with Crippen molar-refractivity contribution in [1.29, 1.82) is 0 Å². The van der Waals surface area contributed by atoms with Gasteiger partial charge in [0.05, 0.1) is 17.1 Å². The summed E-state index contributed by atoms with van der Waals surface area (Å²) in [5.74, 6) is -0.114. The van der Waals surface area contributed by atoms with Crippen molar-refractivity contribution in [3.05, 3.63) is 64.8 Å². The normalized spacial score (nSPS) is 12.0. The highest BCUT2D eigenvalue weighted by Crippen LogP contribution is 2.26. The maximum absolute atomic E-state index is 12.3. The quantitative estimate of drug-likeness (QED) is 0.564. The van der Waals surface area contributed by atoms with Crippen LogP contribution in [0.5, 0.6) is 0 Å². The predicted octanol–water partition coefficient (Wildman–Crippen LogP) is 5.50. The number of carbonyl (C=O) groups excluding carboxylic acids is 1. The molecular formula is C18H15Cl2N3OS. The van der Waals surface area contributed by atoms with Crippen molar-refractivity contribution in [1.82, 2.24) is 9.97 Å². The van der Waals surface area contributed by atoms with Gasteiger partial charge in [0.15, 0.2) is 5.16 Å². The minimum Gasteiger partial charge on any atom is -0.333 e. The van der Waals surface area contributed by atoms with Gasteiger partial charge in [-0.3, -0.25) is 4.79 Å². The zero-order valence-corrected chi connectivity index (χ0v) is 15.6. The van der Waals surface area contributed by atoms with Crippen LogP contribution in [0.2, 0.25) is 10.0 Å². The molecule has 2 aromatic carbocycles. The number of rotatable bonds is 5. The number of amides is 1. The summed E-state index contributed by atoms with van der Waals surface area (Å²) < 4.78 is 0. The van der Waals surface area contributed by atoms with Crippen molar-refractivity contribution in [3.63, 3.8) is 0 Å². The van der Waals surface area contributed by atoms with Crippen molar-refractivity contribution in [2.45, 2.75) is 17.3 Å². The van der Waals surface area contributed by atoms with E-state index in [0.717, 1.165) is 11.3 Å². The molecule has 3 rings (SSSR count). The molecular weight excluding hydrogens is 377 g/mol. The maximum atomic E-state index is 12.3. The van der Waals surface area contributed by atoms with Gasteiger partial charge in [-0.2, -0.15) is 0 Å². The second-order valence-corrected chi connectivity index (χ2v) is 7.57. The van der Waals surface area contributed by atoms with Crippen molar-refractivity contribution in [3.8, 4) is 11.3 Å². The topological polar surface area (TPSA) is 57.8 Å². The molecule has 0 aliphatic carbocycles. The minimum atomic E-state index is -0.316. The number of carbonyl (C=O) groups is 1. The smallest absolute Gasteiger partial charge is 0.237 e. The monoisotopic (exact) mass is 391 g/mol. The summed E-state index contributed by atoms with van der Waals surface area (Å²) in [6.07, 6.45) is 1.74. The van der Waals surface area contributed by atoms with Gasteiger partial charge >= 0.3 is 0 Å². The molecule has 0 aliphatic rings. The number of hydrogen-bond acceptors (Lipinski definition) is 3. The van der Waals surface area contributed by atoms with E-state index in [1.54, 1.807) is 30.5 Å². The third-order valence-corrected chi connectivity index (χ3v) is 4.94. The molecule has 0 saturated carbocycles. The lowest BCUT2D eigenvalue weighted by molar-refractivity contribution is -0.115. The number of benzene rings is 2. The molecule has 1 aromatic heterocycles. The van der Waals surface area contributed by atoms with Crippen molar-refractivity contribution in [2.24, 2.45) is 0 Å². The SMILES string of the molecule is C[C@@H](Sc1ncc(-c2ccc(Cl)cc2)[nH]1)C(=O)Nc1cccc(Cl)c1. The molecule has 0 saturated heterocycles. The summed E-state index contributed by atoms with van der Waals surface area (Å²) in [5, 5.41) is 4.47. The molecule has 0 fully saturated rings. The standard InChI is InChI=1S/C18H15Cl2N3OS/c1-11(17(24)22-15-4-2-3-14(20)9-15)25-18-21-10-16(23-18)12-5-7-13(19)8-6-12/h2-11H,1H3,(H,21,23)(H,22,24)/t11-/m1/s1. The zero-order chi connectivity index (χ0) is 17.8. The van der Waals surface area contributed by atoms with E-state index >= 15 is 0 Å². The van der Waals surface area contributed by atoms with Crippen LogP contribution in [-0.2, 0) is 4.79 Å². The first-order valence-corrected chi connectivity index (χ1v) is 9.19. The molecule has 7 heteroatoms. The number of hydrogen-bond donors (Lipinski definition) is 2. The molecule has 2 N–H and O–H groups in total. The van der Waals surface area contributed by atoms with Gasteiger partial charge < -0.3 is 10.3 Å². The summed E-state index contributed by atoms with van der Waals surface area (Å²) in [4.78, 5) is 19.9. The van der Waals surface area contributed by atoms with Gasteiger partial charge in [0.1, 0.15) is 0 Å². The highest BCUT2D eigenvalue weighted by Gasteiger charge is 2.16. The van der Waals surface area contributed by atoms with Crippen LogP contribution in [-0.4, -0.2) is 21.1 Å². The summed E-state index contributed by atoms with van der Waals surface area (Å²) in [5.41, 5.74) is 2.53. The number of thioether (sulfide) groups is 1. The van der Waals surface area contributed by atoms with Crippen LogP contribution >= 0.6 is 35.0 Å². The third kappa shape index (κ3) is 4.78. The number of aromatic nitrogens is 2. The van der Waals surface area contributed by atoms with E-state index in [1.165, 1.54) is 11.8 Å². The van der Waals surface area contributed by atoms with Crippen LogP contribution in [0.25, 0.3) is 11.3 Å². The number of aromatic amines is 1. The molecule has 3 aromatic rings. The van der Waals surface area contributed by atoms with Crippen LogP contribution in [0.3, 0.4) is 0 Å². The van der Waals surface area contributed by atoms with Gasteiger partial charge in [-0.05, 0) is 42.8 Å². The Morgan fingerprint density at radius 2 is 1.92 bits per heavy atom. The molecule has 0 bridgehead atoms. The van der Waals surface area contributed by atoms with E-state index in [1.807, 2.05) is 31.2 Å². The van der Waals surface area contributed by atoms with Crippen molar-refractivity contribution < 1.29 is 4.79 Å². The fourth-order valence-electron chi connectivity index (χ4n) is 2.17. The van der Waals surface area contributed by atoms with E-state index in [0.29, 0.717) is 20.9 Å². The van der Waals surface area contributed by atoms with Gasteiger partial charge in [-0.1, -0.05) is 53.2 Å². The Hall–Kier alpha value is -1.95. The van der Waals surface area contributed by atoms with E-state index in [4.69, 9.17) is 23.2 Å². The second-order valence-electron chi connectivity index (χ2n) is 5.37. The average Bonchev–Trinajstić information content (AvgIpc) is 3.04. The second kappa shape index (κ2) is 7.95. The summed E-state index contributed by atoms with van der Waals surface area (Å²) in [6.45, 7) is 1.83. The zero-order valence-electron chi connectivity index (χ0n) is 13.3. The average molecular weight is 392 g/mol. The van der Waals surface area contributed by atoms with Gasteiger partial charge in [0.2, 0.25) is 5.91 Å². The molecule has 0 radical (unpaired) electrons. The van der Waals surface area contributed by atoms with Crippen LogP contribution in [0.1, 0.15) is 6.92 Å². The molecule has 0 unspecified atom stereocenters. The van der Waals surface area contributed by atoms with E-state index in [-0.39, 0.29) is 11.2 Å². The Kier molecular flexibility index (Phi) is 5.68. The molecule has 0 spiro atoms. The summed E-state index contributed by atoms with van der Waals surface area (Å²) in [7, 11) is 0. The Labute approximate surface area is 160 Å². The van der Waals surface area contributed by atoms with Crippen molar-refractivity contribution in [2.75, 3.05) is 5.32 Å². The lowest BCUT2D eigenvalue weighted by Crippen LogP contribution is -2.22.